The van der Waals surface area contributed by atoms with E-state index in [2.05, 4.69) is 0 Å². The minimum atomic E-state index is -2.39. The fourth-order valence-corrected chi connectivity index (χ4v) is 3.99. The summed E-state index contributed by atoms with van der Waals surface area (Å²) in [7, 11) is 1.43. The van der Waals surface area contributed by atoms with Crippen molar-refractivity contribution in [3.05, 3.63) is 64.2 Å². The van der Waals surface area contributed by atoms with Gasteiger partial charge in [-0.2, -0.15) is 0 Å². The van der Waals surface area contributed by atoms with E-state index in [1.165, 1.54) is 19.2 Å². The zero-order valence-electron chi connectivity index (χ0n) is 16.9. The zero-order chi connectivity index (χ0) is 21.9. The van der Waals surface area contributed by atoms with E-state index < -0.39 is 23.8 Å². The summed E-state index contributed by atoms with van der Waals surface area (Å²) < 4.78 is 16.9. The van der Waals surface area contributed by atoms with Crippen LogP contribution in [0.25, 0.3) is 0 Å². The third kappa shape index (κ3) is 4.48. The van der Waals surface area contributed by atoms with Crippen LogP contribution < -0.4 is 4.74 Å². The molecule has 0 amide bonds. The number of methoxy groups -OCH3 is 1. The van der Waals surface area contributed by atoms with Crippen molar-refractivity contribution in [3.63, 3.8) is 0 Å². The molecule has 4 N–H and O–H groups in total. The molecule has 3 rings (SSSR count). The van der Waals surface area contributed by atoms with Gasteiger partial charge in [0.05, 0.1) is 25.4 Å². The van der Waals surface area contributed by atoms with Crippen LogP contribution in [0.1, 0.15) is 36.5 Å². The summed E-state index contributed by atoms with van der Waals surface area (Å²) in [5.74, 6) is -3.15. The Hall–Kier alpha value is -1.71. The molecule has 1 fully saturated rings. The van der Waals surface area contributed by atoms with Gasteiger partial charge >= 0.3 is 0 Å². The lowest BCUT2D eigenvalue weighted by Gasteiger charge is -2.42. The summed E-state index contributed by atoms with van der Waals surface area (Å²) in [6, 6.07) is 11.0. The summed E-state index contributed by atoms with van der Waals surface area (Å²) in [6.45, 7) is 2.08. The minimum Gasteiger partial charge on any atom is -0.494 e. The van der Waals surface area contributed by atoms with Gasteiger partial charge in [-0.3, -0.25) is 0 Å². The third-order valence-electron chi connectivity index (χ3n) is 5.28. The van der Waals surface area contributed by atoms with Gasteiger partial charge in [0.1, 0.15) is 5.75 Å². The Bertz CT molecular complexity index is 855. The molecule has 0 radical (unpaired) electrons. The molecule has 30 heavy (non-hydrogen) atoms. The van der Waals surface area contributed by atoms with Crippen LogP contribution in [0.4, 0.5) is 0 Å². The predicted molar refractivity (Wildman–Crippen MR) is 110 cm³/mol. The monoisotopic (exact) mass is 438 g/mol. The SMILES string of the molecule is CCOc1ccc(C(O)(O)c2cc(C3(OC)CC(O)CC(CO)O3)ccc2Cl)cc1. The van der Waals surface area contributed by atoms with Gasteiger partial charge < -0.3 is 34.6 Å². The second kappa shape index (κ2) is 9.20. The molecule has 1 heterocycles. The highest BCUT2D eigenvalue weighted by molar-refractivity contribution is 6.31. The largest absolute Gasteiger partial charge is 0.494 e. The zero-order valence-corrected chi connectivity index (χ0v) is 17.7. The molecule has 0 spiro atoms. The summed E-state index contributed by atoms with van der Waals surface area (Å²) in [6.07, 6.45) is -0.979. The van der Waals surface area contributed by atoms with Crippen molar-refractivity contribution >= 4 is 11.6 Å². The van der Waals surface area contributed by atoms with Gasteiger partial charge in [0.2, 0.25) is 5.79 Å². The molecule has 2 aromatic carbocycles. The van der Waals surface area contributed by atoms with Gasteiger partial charge in [-0.25, -0.2) is 0 Å². The lowest BCUT2D eigenvalue weighted by molar-refractivity contribution is -0.299. The van der Waals surface area contributed by atoms with Gasteiger partial charge in [-0.1, -0.05) is 17.7 Å². The first-order valence-corrected chi connectivity index (χ1v) is 10.1. The summed E-state index contributed by atoms with van der Waals surface area (Å²) in [5, 5.41) is 41.8. The Morgan fingerprint density at radius 2 is 1.90 bits per heavy atom. The number of benzene rings is 2. The first kappa shape index (κ1) is 23.0. The first-order chi connectivity index (χ1) is 14.3. The second-order valence-electron chi connectivity index (χ2n) is 7.30. The molecule has 0 saturated carbocycles. The fraction of sp³-hybridized carbons (Fsp3) is 0.455. The molecule has 2 aromatic rings. The molecule has 8 heteroatoms. The van der Waals surface area contributed by atoms with Gasteiger partial charge in [-0.05, 0) is 43.3 Å². The van der Waals surface area contributed by atoms with Gasteiger partial charge in [0.15, 0.2) is 5.79 Å². The highest BCUT2D eigenvalue weighted by Crippen LogP contribution is 2.42. The van der Waals surface area contributed by atoms with Gasteiger partial charge in [0.25, 0.3) is 0 Å². The predicted octanol–water partition coefficient (Wildman–Crippen LogP) is 2.26. The van der Waals surface area contributed by atoms with E-state index in [0.29, 0.717) is 17.9 Å². The Balaban J connectivity index is 2.01. The lowest BCUT2D eigenvalue weighted by atomic mass is 9.89. The second-order valence-corrected chi connectivity index (χ2v) is 7.70. The summed E-state index contributed by atoms with van der Waals surface area (Å²) >= 11 is 6.31. The first-order valence-electron chi connectivity index (χ1n) is 9.76. The molecule has 7 nitrogen and oxygen atoms in total. The van der Waals surface area contributed by atoms with Crippen molar-refractivity contribution < 1.29 is 34.6 Å². The van der Waals surface area contributed by atoms with Crippen molar-refractivity contribution in [1.82, 2.24) is 0 Å². The smallest absolute Gasteiger partial charge is 0.218 e. The highest BCUT2D eigenvalue weighted by atomic mass is 35.5. The number of rotatable bonds is 7. The molecule has 0 aromatic heterocycles. The van der Waals surface area contributed by atoms with Crippen molar-refractivity contribution in [2.75, 3.05) is 20.3 Å². The number of hydrogen-bond donors (Lipinski definition) is 4. The molecule has 164 valence electrons. The molecular weight excluding hydrogens is 412 g/mol. The molecule has 0 aliphatic carbocycles. The van der Waals surface area contributed by atoms with E-state index in [0.717, 1.165) is 0 Å². The van der Waals surface area contributed by atoms with Crippen molar-refractivity contribution in [2.45, 2.75) is 43.5 Å². The molecule has 1 saturated heterocycles. The minimum absolute atomic E-state index is 0.0338. The average molecular weight is 439 g/mol. The average Bonchev–Trinajstić information content (AvgIpc) is 2.74. The molecule has 3 atom stereocenters. The van der Waals surface area contributed by atoms with E-state index in [1.54, 1.807) is 30.3 Å². The quantitative estimate of drug-likeness (QED) is 0.491. The Kier molecular flexibility index (Phi) is 7.04. The number of aliphatic hydroxyl groups is 4. The molecule has 1 aliphatic heterocycles. The molecule has 0 bridgehead atoms. The van der Waals surface area contributed by atoms with E-state index in [4.69, 9.17) is 25.8 Å². The van der Waals surface area contributed by atoms with Crippen LogP contribution in [0.5, 0.6) is 5.75 Å². The van der Waals surface area contributed by atoms with E-state index in [9.17, 15) is 20.4 Å². The van der Waals surface area contributed by atoms with Crippen molar-refractivity contribution in [1.29, 1.82) is 0 Å². The van der Waals surface area contributed by atoms with E-state index in [-0.39, 0.29) is 35.6 Å². The topological polar surface area (TPSA) is 109 Å². The lowest BCUT2D eigenvalue weighted by Crippen LogP contribution is -2.46. The number of halogens is 1. The maximum atomic E-state index is 10.9. The van der Waals surface area contributed by atoms with Crippen LogP contribution in [-0.2, 0) is 21.0 Å². The maximum Gasteiger partial charge on any atom is 0.218 e. The van der Waals surface area contributed by atoms with Gasteiger partial charge in [-0.15, -0.1) is 0 Å². The standard InChI is InChI=1S/C22H27ClO7/c1-3-29-17-7-4-14(5-8-17)22(26,27)19-10-15(6-9-20(19)23)21(28-2)12-16(25)11-18(13-24)30-21/h4-10,16,18,24-27H,3,11-13H2,1-2H3. The van der Waals surface area contributed by atoms with Crippen LogP contribution >= 0.6 is 11.6 Å². The number of ether oxygens (including phenoxy) is 3. The molecular formula is C22H27ClO7. The van der Waals surface area contributed by atoms with Crippen LogP contribution in [0.2, 0.25) is 5.02 Å². The third-order valence-corrected chi connectivity index (χ3v) is 5.61. The van der Waals surface area contributed by atoms with Crippen LogP contribution in [0.15, 0.2) is 42.5 Å². The fourth-order valence-electron chi connectivity index (χ4n) is 3.74. The van der Waals surface area contributed by atoms with Gasteiger partial charge in [0, 0.05) is 41.7 Å². The molecule has 3 unspecified atom stereocenters. The van der Waals surface area contributed by atoms with Crippen LogP contribution in [0, 0.1) is 0 Å². The normalized spacial score (nSPS) is 24.6. The highest BCUT2D eigenvalue weighted by Gasteiger charge is 2.44. The Labute approximate surface area is 180 Å². The number of hydrogen-bond acceptors (Lipinski definition) is 7. The van der Waals surface area contributed by atoms with E-state index in [1.807, 2.05) is 6.92 Å². The van der Waals surface area contributed by atoms with Crippen molar-refractivity contribution in [2.24, 2.45) is 0 Å². The summed E-state index contributed by atoms with van der Waals surface area (Å²) in [5.41, 5.74) is 0.681. The number of aliphatic hydroxyl groups excluding tert-OH is 2. The summed E-state index contributed by atoms with van der Waals surface area (Å²) in [4.78, 5) is 0. The van der Waals surface area contributed by atoms with Crippen LogP contribution in [0.3, 0.4) is 0 Å². The Morgan fingerprint density at radius 1 is 1.20 bits per heavy atom. The van der Waals surface area contributed by atoms with Crippen LogP contribution in [-0.4, -0.2) is 53.0 Å². The molecule has 1 aliphatic rings. The van der Waals surface area contributed by atoms with E-state index >= 15 is 0 Å². The van der Waals surface area contributed by atoms with Crippen molar-refractivity contribution in [3.8, 4) is 5.75 Å². The maximum absolute atomic E-state index is 10.9. The Morgan fingerprint density at radius 3 is 2.50 bits per heavy atom.